The first-order valence-electron chi connectivity index (χ1n) is 8.78. The summed E-state index contributed by atoms with van der Waals surface area (Å²) in [6.45, 7) is 7.78. The number of nitrogens with zero attached hydrogens (tertiary/aromatic N) is 4. The molecule has 3 aromatic rings. The van der Waals surface area contributed by atoms with Crippen LogP contribution in [0.2, 0.25) is 0 Å². The van der Waals surface area contributed by atoms with E-state index >= 15 is 0 Å². The van der Waals surface area contributed by atoms with Gasteiger partial charge < -0.3 is 14.0 Å². The maximum atomic E-state index is 14.5. The van der Waals surface area contributed by atoms with E-state index in [0.717, 1.165) is 5.56 Å². The van der Waals surface area contributed by atoms with Gasteiger partial charge in [0, 0.05) is 31.4 Å². The SMILES string of the molecule is Cc1noc(C)c1-c1cc(CN(C(=O)c2cn(C)cn2)C(C)C)ccc1F. The van der Waals surface area contributed by atoms with Gasteiger partial charge >= 0.3 is 0 Å². The van der Waals surface area contributed by atoms with E-state index in [1.165, 1.54) is 6.07 Å². The van der Waals surface area contributed by atoms with Gasteiger partial charge in [-0.1, -0.05) is 11.2 Å². The Morgan fingerprint density at radius 3 is 2.63 bits per heavy atom. The molecule has 0 N–H and O–H groups in total. The summed E-state index contributed by atoms with van der Waals surface area (Å²) in [6.07, 6.45) is 3.29. The maximum absolute atomic E-state index is 14.5. The molecule has 6 nitrogen and oxygen atoms in total. The van der Waals surface area contributed by atoms with E-state index in [1.807, 2.05) is 20.9 Å². The average Bonchev–Trinajstić information content (AvgIpc) is 3.19. The Kier molecular flexibility index (Phi) is 5.12. The van der Waals surface area contributed by atoms with Crippen molar-refractivity contribution in [2.24, 2.45) is 7.05 Å². The average molecular weight is 370 g/mol. The first kappa shape index (κ1) is 18.8. The number of halogens is 1. The van der Waals surface area contributed by atoms with Gasteiger partial charge in [-0.3, -0.25) is 4.79 Å². The summed E-state index contributed by atoms with van der Waals surface area (Å²) in [4.78, 5) is 18.7. The first-order valence-corrected chi connectivity index (χ1v) is 8.78. The maximum Gasteiger partial charge on any atom is 0.274 e. The summed E-state index contributed by atoms with van der Waals surface area (Å²) in [6, 6.07) is 4.83. The molecule has 0 aliphatic heterocycles. The number of benzene rings is 1. The number of amides is 1. The molecule has 2 aromatic heterocycles. The highest BCUT2D eigenvalue weighted by molar-refractivity contribution is 5.92. The number of aryl methyl sites for hydroxylation is 3. The van der Waals surface area contributed by atoms with Gasteiger partial charge in [-0.15, -0.1) is 0 Å². The predicted octanol–water partition coefficient (Wildman–Crippen LogP) is 3.88. The van der Waals surface area contributed by atoms with Crippen molar-refractivity contribution in [3.63, 3.8) is 0 Å². The van der Waals surface area contributed by atoms with Crippen molar-refractivity contribution in [1.29, 1.82) is 0 Å². The van der Waals surface area contributed by atoms with Gasteiger partial charge in [0.15, 0.2) is 0 Å². The van der Waals surface area contributed by atoms with E-state index in [1.54, 1.807) is 48.0 Å². The number of aromatic nitrogens is 3. The third kappa shape index (κ3) is 3.77. The normalized spacial score (nSPS) is 11.2. The zero-order valence-electron chi connectivity index (χ0n) is 16.2. The van der Waals surface area contributed by atoms with Crippen LogP contribution in [0.3, 0.4) is 0 Å². The van der Waals surface area contributed by atoms with Crippen LogP contribution < -0.4 is 0 Å². The Hall–Kier alpha value is -2.96. The minimum absolute atomic E-state index is 0.0351. The van der Waals surface area contributed by atoms with Crippen LogP contribution >= 0.6 is 0 Å². The molecule has 1 amide bonds. The Morgan fingerprint density at radius 2 is 2.07 bits per heavy atom. The molecule has 0 spiro atoms. The second-order valence-electron chi connectivity index (χ2n) is 6.96. The number of carbonyl (C=O) groups is 1. The summed E-state index contributed by atoms with van der Waals surface area (Å²) in [5.41, 5.74) is 2.93. The van der Waals surface area contributed by atoms with Gasteiger partial charge in [0.25, 0.3) is 5.91 Å². The highest BCUT2D eigenvalue weighted by atomic mass is 19.1. The van der Waals surface area contributed by atoms with Crippen LogP contribution in [0.5, 0.6) is 0 Å². The minimum atomic E-state index is -0.347. The smallest absolute Gasteiger partial charge is 0.274 e. The third-order valence-corrected chi connectivity index (χ3v) is 4.49. The lowest BCUT2D eigenvalue weighted by molar-refractivity contribution is 0.0684. The van der Waals surface area contributed by atoms with E-state index in [4.69, 9.17) is 4.52 Å². The molecule has 0 saturated carbocycles. The number of hydrogen-bond acceptors (Lipinski definition) is 4. The summed E-state index contributed by atoms with van der Waals surface area (Å²) < 4.78 is 21.4. The van der Waals surface area contributed by atoms with Gasteiger partial charge in [0.2, 0.25) is 0 Å². The van der Waals surface area contributed by atoms with Crippen molar-refractivity contribution in [2.45, 2.75) is 40.3 Å². The lowest BCUT2D eigenvalue weighted by Crippen LogP contribution is -2.36. The molecule has 0 radical (unpaired) electrons. The van der Waals surface area contributed by atoms with Crippen molar-refractivity contribution < 1.29 is 13.7 Å². The zero-order valence-corrected chi connectivity index (χ0v) is 16.2. The molecule has 0 aliphatic carbocycles. The van der Waals surface area contributed by atoms with Crippen LogP contribution in [0, 0.1) is 19.7 Å². The van der Waals surface area contributed by atoms with Crippen LogP contribution in [0.4, 0.5) is 4.39 Å². The monoisotopic (exact) mass is 370 g/mol. The molecule has 1 aromatic carbocycles. The minimum Gasteiger partial charge on any atom is -0.361 e. The van der Waals surface area contributed by atoms with E-state index in [2.05, 4.69) is 10.1 Å². The second kappa shape index (κ2) is 7.34. The van der Waals surface area contributed by atoms with Crippen LogP contribution in [-0.4, -0.2) is 31.6 Å². The molecule has 0 atom stereocenters. The molecule has 0 saturated heterocycles. The van der Waals surface area contributed by atoms with E-state index in [-0.39, 0.29) is 17.8 Å². The molecule has 2 heterocycles. The van der Waals surface area contributed by atoms with Crippen LogP contribution in [-0.2, 0) is 13.6 Å². The zero-order chi connectivity index (χ0) is 19.7. The van der Waals surface area contributed by atoms with Crippen LogP contribution in [0.15, 0.2) is 35.2 Å². The molecule has 27 heavy (non-hydrogen) atoms. The van der Waals surface area contributed by atoms with Gasteiger partial charge in [-0.2, -0.15) is 0 Å². The third-order valence-electron chi connectivity index (χ3n) is 4.49. The predicted molar refractivity (Wildman–Crippen MR) is 99.6 cm³/mol. The van der Waals surface area contributed by atoms with E-state index in [0.29, 0.717) is 34.8 Å². The number of carbonyl (C=O) groups excluding carboxylic acids is 1. The molecular weight excluding hydrogens is 347 g/mol. The fourth-order valence-electron chi connectivity index (χ4n) is 3.09. The summed E-state index contributed by atoms with van der Waals surface area (Å²) in [5, 5.41) is 3.91. The quantitative estimate of drug-likeness (QED) is 0.684. The largest absolute Gasteiger partial charge is 0.361 e. The summed E-state index contributed by atoms with van der Waals surface area (Å²) in [7, 11) is 1.82. The fraction of sp³-hybridized carbons (Fsp3) is 0.350. The van der Waals surface area contributed by atoms with Crippen LogP contribution in [0.25, 0.3) is 11.1 Å². The van der Waals surface area contributed by atoms with E-state index < -0.39 is 0 Å². The Morgan fingerprint density at radius 1 is 1.33 bits per heavy atom. The molecule has 7 heteroatoms. The van der Waals surface area contributed by atoms with Gasteiger partial charge in [0.05, 0.1) is 17.6 Å². The standard InChI is InChI=1S/C20H23FN4O2/c1-12(2)25(20(26)18-10-24(5)11-22-18)9-15-6-7-17(21)16(8-15)19-13(3)23-27-14(19)4/h6-8,10-12H,9H2,1-5H3. The molecule has 0 unspecified atom stereocenters. The highest BCUT2D eigenvalue weighted by Crippen LogP contribution is 2.30. The Balaban J connectivity index is 1.94. The van der Waals surface area contributed by atoms with Gasteiger partial charge in [0.1, 0.15) is 17.3 Å². The Bertz CT molecular complexity index is 955. The molecular formula is C20H23FN4O2. The van der Waals surface area contributed by atoms with E-state index in [9.17, 15) is 9.18 Å². The first-order chi connectivity index (χ1) is 12.8. The second-order valence-corrected chi connectivity index (χ2v) is 6.96. The summed E-state index contributed by atoms with van der Waals surface area (Å²) >= 11 is 0. The highest BCUT2D eigenvalue weighted by Gasteiger charge is 2.22. The van der Waals surface area contributed by atoms with Crippen molar-refractivity contribution in [3.05, 3.63) is 59.3 Å². The number of imidazole rings is 1. The van der Waals surface area contributed by atoms with Gasteiger partial charge in [-0.05, 0) is 45.4 Å². The lowest BCUT2D eigenvalue weighted by atomic mass is 10.0. The number of rotatable bonds is 5. The van der Waals surface area contributed by atoms with Crippen molar-refractivity contribution in [3.8, 4) is 11.1 Å². The summed E-state index contributed by atoms with van der Waals surface area (Å²) in [5.74, 6) is 0.0583. The fourth-order valence-corrected chi connectivity index (χ4v) is 3.09. The van der Waals surface area contributed by atoms with Crippen molar-refractivity contribution in [2.75, 3.05) is 0 Å². The molecule has 0 aliphatic rings. The van der Waals surface area contributed by atoms with Crippen LogP contribution in [0.1, 0.15) is 41.4 Å². The number of hydrogen-bond donors (Lipinski definition) is 0. The lowest BCUT2D eigenvalue weighted by Gasteiger charge is -2.26. The molecule has 0 bridgehead atoms. The van der Waals surface area contributed by atoms with Crippen molar-refractivity contribution in [1.82, 2.24) is 19.6 Å². The topological polar surface area (TPSA) is 64.2 Å². The van der Waals surface area contributed by atoms with Crippen molar-refractivity contribution >= 4 is 5.91 Å². The Labute approximate surface area is 157 Å². The molecule has 142 valence electrons. The van der Waals surface area contributed by atoms with Gasteiger partial charge in [-0.25, -0.2) is 9.37 Å². The molecule has 3 rings (SSSR count). The molecule has 0 fully saturated rings.